The van der Waals surface area contributed by atoms with Gasteiger partial charge < -0.3 is 15.2 Å². The van der Waals surface area contributed by atoms with Gasteiger partial charge in [0.1, 0.15) is 0 Å². The molecule has 0 aliphatic rings. The SMILES string of the molecule is CC.CCNCCC(O)OC. The molecule has 0 aromatic rings. The summed E-state index contributed by atoms with van der Waals surface area (Å²) in [6.07, 6.45) is 0.0497. The van der Waals surface area contributed by atoms with E-state index >= 15 is 0 Å². The van der Waals surface area contributed by atoms with E-state index in [1.807, 2.05) is 20.8 Å². The number of hydrogen-bond donors (Lipinski definition) is 2. The molecule has 0 spiro atoms. The minimum atomic E-state index is -0.607. The van der Waals surface area contributed by atoms with E-state index in [1.165, 1.54) is 7.11 Å². The fourth-order valence-corrected chi connectivity index (χ4v) is 0.520. The van der Waals surface area contributed by atoms with Crippen LogP contribution < -0.4 is 5.32 Å². The molecule has 1 atom stereocenters. The van der Waals surface area contributed by atoms with Crippen molar-refractivity contribution >= 4 is 0 Å². The maximum Gasteiger partial charge on any atom is 0.155 e. The Labute approximate surface area is 69.8 Å². The minimum Gasteiger partial charge on any atom is -0.368 e. The predicted octanol–water partition coefficient (Wildman–Crippen LogP) is 0.977. The molecule has 0 fully saturated rings. The van der Waals surface area contributed by atoms with Crippen LogP contribution in [0.25, 0.3) is 0 Å². The van der Waals surface area contributed by atoms with Crippen LogP contribution in [-0.2, 0) is 4.74 Å². The Morgan fingerprint density at radius 1 is 1.45 bits per heavy atom. The average Bonchev–Trinajstić information content (AvgIpc) is 2.08. The maximum absolute atomic E-state index is 8.82. The van der Waals surface area contributed by atoms with Gasteiger partial charge in [0.05, 0.1) is 0 Å². The Hall–Kier alpha value is -0.120. The maximum atomic E-state index is 8.82. The number of nitrogens with one attached hydrogen (secondary N) is 1. The summed E-state index contributed by atoms with van der Waals surface area (Å²) in [5.41, 5.74) is 0. The van der Waals surface area contributed by atoms with Gasteiger partial charge in [0, 0.05) is 13.5 Å². The molecule has 0 saturated carbocycles. The highest BCUT2D eigenvalue weighted by Gasteiger charge is 1.97. The quantitative estimate of drug-likeness (QED) is 0.469. The van der Waals surface area contributed by atoms with Crippen molar-refractivity contribution in [2.24, 2.45) is 0 Å². The molecule has 0 aromatic carbocycles. The number of ether oxygens (including phenoxy) is 1. The van der Waals surface area contributed by atoms with E-state index in [1.54, 1.807) is 0 Å². The third-order valence-corrected chi connectivity index (χ3v) is 1.09. The molecule has 0 aliphatic carbocycles. The predicted molar refractivity (Wildman–Crippen MR) is 47.5 cm³/mol. The summed E-state index contributed by atoms with van der Waals surface area (Å²) in [4.78, 5) is 0. The van der Waals surface area contributed by atoms with Gasteiger partial charge in [0.25, 0.3) is 0 Å². The second-order valence-corrected chi connectivity index (χ2v) is 1.83. The van der Waals surface area contributed by atoms with Gasteiger partial charge in [0.15, 0.2) is 6.29 Å². The smallest absolute Gasteiger partial charge is 0.155 e. The molecule has 0 bridgehead atoms. The van der Waals surface area contributed by atoms with Crippen molar-refractivity contribution in [1.82, 2.24) is 5.32 Å². The zero-order valence-electron chi connectivity index (χ0n) is 8.05. The van der Waals surface area contributed by atoms with Crippen LogP contribution in [0.5, 0.6) is 0 Å². The zero-order chi connectivity index (χ0) is 9.11. The lowest BCUT2D eigenvalue weighted by Gasteiger charge is -2.06. The highest BCUT2D eigenvalue weighted by molar-refractivity contribution is 4.45. The van der Waals surface area contributed by atoms with Crippen LogP contribution in [0.15, 0.2) is 0 Å². The monoisotopic (exact) mass is 163 g/mol. The molecule has 11 heavy (non-hydrogen) atoms. The van der Waals surface area contributed by atoms with E-state index in [9.17, 15) is 0 Å². The van der Waals surface area contributed by atoms with Crippen molar-refractivity contribution < 1.29 is 9.84 Å². The molecule has 0 saturated heterocycles. The molecular weight excluding hydrogens is 142 g/mol. The van der Waals surface area contributed by atoms with Crippen LogP contribution in [0.4, 0.5) is 0 Å². The van der Waals surface area contributed by atoms with Crippen LogP contribution >= 0.6 is 0 Å². The zero-order valence-corrected chi connectivity index (χ0v) is 8.05. The van der Waals surface area contributed by atoms with Crippen molar-refractivity contribution in [2.45, 2.75) is 33.5 Å². The van der Waals surface area contributed by atoms with Crippen LogP contribution in [0.1, 0.15) is 27.2 Å². The molecule has 0 heterocycles. The van der Waals surface area contributed by atoms with Gasteiger partial charge in [-0.1, -0.05) is 20.8 Å². The molecule has 0 amide bonds. The average molecular weight is 163 g/mol. The third kappa shape index (κ3) is 13.0. The summed E-state index contributed by atoms with van der Waals surface area (Å²) >= 11 is 0. The Morgan fingerprint density at radius 2 is 2.00 bits per heavy atom. The molecule has 70 valence electrons. The number of methoxy groups -OCH3 is 1. The van der Waals surface area contributed by atoms with Crippen molar-refractivity contribution in [2.75, 3.05) is 20.2 Å². The standard InChI is InChI=1S/C6H15NO2.C2H6/c1-3-7-5-4-6(8)9-2;1-2/h6-8H,3-5H2,1-2H3;1-2H3. The topological polar surface area (TPSA) is 41.5 Å². The fraction of sp³-hybridized carbons (Fsp3) is 1.00. The number of hydrogen-bond acceptors (Lipinski definition) is 3. The largest absolute Gasteiger partial charge is 0.368 e. The summed E-state index contributed by atoms with van der Waals surface area (Å²) in [6.45, 7) is 7.78. The normalized spacial score (nSPS) is 11.7. The van der Waals surface area contributed by atoms with E-state index in [2.05, 4.69) is 10.1 Å². The van der Waals surface area contributed by atoms with E-state index in [0.717, 1.165) is 13.1 Å². The first kappa shape index (κ1) is 13.5. The molecule has 3 nitrogen and oxygen atoms in total. The van der Waals surface area contributed by atoms with E-state index in [-0.39, 0.29) is 0 Å². The van der Waals surface area contributed by atoms with Crippen LogP contribution in [0.3, 0.4) is 0 Å². The van der Waals surface area contributed by atoms with Crippen molar-refractivity contribution in [1.29, 1.82) is 0 Å². The van der Waals surface area contributed by atoms with Gasteiger partial charge in [-0.25, -0.2) is 0 Å². The number of aliphatic hydroxyl groups excluding tert-OH is 1. The molecule has 3 heteroatoms. The highest BCUT2D eigenvalue weighted by atomic mass is 16.6. The molecular formula is C8H21NO2. The third-order valence-electron chi connectivity index (χ3n) is 1.09. The second kappa shape index (κ2) is 12.5. The summed E-state index contributed by atoms with van der Waals surface area (Å²) in [7, 11) is 1.50. The lowest BCUT2D eigenvalue weighted by atomic mass is 10.4. The van der Waals surface area contributed by atoms with Crippen LogP contribution in [-0.4, -0.2) is 31.6 Å². The van der Waals surface area contributed by atoms with E-state index < -0.39 is 6.29 Å². The highest BCUT2D eigenvalue weighted by Crippen LogP contribution is 1.87. The first-order valence-corrected chi connectivity index (χ1v) is 4.22. The molecule has 2 N–H and O–H groups in total. The minimum absolute atomic E-state index is 0.607. The van der Waals surface area contributed by atoms with Crippen molar-refractivity contribution in [3.05, 3.63) is 0 Å². The lowest BCUT2D eigenvalue weighted by molar-refractivity contribution is -0.0773. The summed E-state index contributed by atoms with van der Waals surface area (Å²) < 4.78 is 4.61. The Balaban J connectivity index is 0. The molecule has 1 unspecified atom stereocenters. The van der Waals surface area contributed by atoms with Gasteiger partial charge in [-0.15, -0.1) is 0 Å². The van der Waals surface area contributed by atoms with Crippen molar-refractivity contribution in [3.8, 4) is 0 Å². The molecule has 0 aliphatic heterocycles. The lowest BCUT2D eigenvalue weighted by Crippen LogP contribution is -2.20. The molecule has 0 aromatic heterocycles. The Kier molecular flexibility index (Phi) is 15.4. The van der Waals surface area contributed by atoms with Gasteiger partial charge in [-0.2, -0.15) is 0 Å². The number of aliphatic hydroxyl groups is 1. The second-order valence-electron chi connectivity index (χ2n) is 1.83. The molecule has 0 rings (SSSR count). The van der Waals surface area contributed by atoms with Gasteiger partial charge in [-0.05, 0) is 13.1 Å². The van der Waals surface area contributed by atoms with Gasteiger partial charge >= 0.3 is 0 Å². The Bertz CT molecular complexity index is 60.1. The summed E-state index contributed by atoms with van der Waals surface area (Å²) in [6, 6.07) is 0. The van der Waals surface area contributed by atoms with Crippen LogP contribution in [0.2, 0.25) is 0 Å². The Morgan fingerprint density at radius 3 is 2.36 bits per heavy atom. The van der Waals surface area contributed by atoms with E-state index in [4.69, 9.17) is 5.11 Å². The van der Waals surface area contributed by atoms with Crippen molar-refractivity contribution in [3.63, 3.8) is 0 Å². The molecule has 0 radical (unpaired) electrons. The van der Waals surface area contributed by atoms with E-state index in [0.29, 0.717) is 6.42 Å². The van der Waals surface area contributed by atoms with Crippen LogP contribution in [0, 0.1) is 0 Å². The summed E-state index contributed by atoms with van der Waals surface area (Å²) in [5, 5.41) is 11.9. The first-order valence-electron chi connectivity index (χ1n) is 4.22. The first-order chi connectivity index (χ1) is 5.31. The summed E-state index contributed by atoms with van der Waals surface area (Å²) in [5.74, 6) is 0. The fourth-order valence-electron chi connectivity index (χ4n) is 0.520. The number of rotatable bonds is 5. The van der Waals surface area contributed by atoms with Gasteiger partial charge in [0.2, 0.25) is 0 Å². The van der Waals surface area contributed by atoms with Gasteiger partial charge in [-0.3, -0.25) is 0 Å².